The average molecular weight is 598 g/mol. The second-order valence-corrected chi connectivity index (χ2v) is 12.0. The van der Waals surface area contributed by atoms with E-state index in [4.69, 9.17) is 15.9 Å². The highest BCUT2D eigenvalue weighted by atomic mass is 16.5. The van der Waals surface area contributed by atoms with Crippen molar-refractivity contribution in [3.63, 3.8) is 0 Å². The lowest BCUT2D eigenvalue weighted by molar-refractivity contribution is 0.481. The maximum absolute atomic E-state index is 9.32. The van der Waals surface area contributed by atoms with Crippen molar-refractivity contribution < 1.29 is 9.47 Å². The molecule has 5 aromatic carbocycles. The van der Waals surface area contributed by atoms with E-state index in [0.29, 0.717) is 39.7 Å². The summed E-state index contributed by atoms with van der Waals surface area (Å²) in [4.78, 5) is 0. The van der Waals surface area contributed by atoms with Crippen molar-refractivity contribution in [2.24, 2.45) is 0 Å². The number of rotatable bonds is 8. The first-order valence-corrected chi connectivity index (χ1v) is 14.7. The molecule has 0 unspecified atom stereocenters. The fourth-order valence-corrected chi connectivity index (χ4v) is 5.36. The molecular weight excluding hydrogens is 566 g/mol. The Kier molecular flexibility index (Phi) is 8.65. The highest BCUT2D eigenvalue weighted by molar-refractivity contribution is 5.53. The zero-order valence-electron chi connectivity index (χ0n) is 26.1. The Hall–Kier alpha value is -6.27. The lowest BCUT2D eigenvalue weighted by Gasteiger charge is -2.31. The molecule has 0 spiro atoms. The molecule has 0 N–H and O–H groups in total. The van der Waals surface area contributed by atoms with Crippen LogP contribution >= 0.6 is 0 Å². The van der Waals surface area contributed by atoms with Crippen LogP contribution in [0.2, 0.25) is 0 Å². The van der Waals surface area contributed by atoms with E-state index >= 15 is 0 Å². The highest BCUT2D eigenvalue weighted by Crippen LogP contribution is 2.38. The van der Waals surface area contributed by atoms with Gasteiger partial charge in [0.1, 0.15) is 41.2 Å². The minimum atomic E-state index is -0.289. The summed E-state index contributed by atoms with van der Waals surface area (Å²) in [7, 11) is 0. The first-order valence-electron chi connectivity index (χ1n) is 14.7. The first kappa shape index (κ1) is 31.2. The summed E-state index contributed by atoms with van der Waals surface area (Å²) in [5.41, 5.74) is 5.62. The average Bonchev–Trinajstić information content (AvgIpc) is 3.08. The van der Waals surface area contributed by atoms with Crippen LogP contribution in [0.15, 0.2) is 109 Å². The van der Waals surface area contributed by atoms with Crippen molar-refractivity contribution in [2.75, 3.05) is 0 Å². The molecule has 0 heterocycles. The maximum Gasteiger partial charge on any atom is 0.128 e. The molecule has 5 nitrogen and oxygen atoms in total. The monoisotopic (exact) mass is 597 g/mol. The third-order valence-corrected chi connectivity index (χ3v) is 8.43. The van der Waals surface area contributed by atoms with Gasteiger partial charge in [-0.3, -0.25) is 0 Å². The molecular formula is C41H31N3O2. The molecule has 0 radical (unpaired) electrons. The normalized spacial score (nSPS) is 11.0. The quantitative estimate of drug-likeness (QED) is 0.166. The zero-order valence-corrected chi connectivity index (χ0v) is 26.1. The molecule has 0 aliphatic carbocycles. The third kappa shape index (κ3) is 6.32. The molecule has 222 valence electrons. The Morgan fingerprint density at radius 2 is 0.848 bits per heavy atom. The standard InChI is InChI=1S/C41H31N3O2/c1-6-28-22-38(16-10-29(28)25-42)45-36-18-12-32(13-19-36)40(2,3)34-8-7-9-35(24-34)41(4,5)33-14-20-37(21-15-33)46-39-17-11-30(26-43)31(23-39)27-44/h1,7-24H,2-5H3. The van der Waals surface area contributed by atoms with E-state index in [1.807, 2.05) is 36.4 Å². The van der Waals surface area contributed by atoms with Crippen molar-refractivity contribution in [1.29, 1.82) is 15.8 Å². The van der Waals surface area contributed by atoms with E-state index in [1.54, 1.807) is 36.4 Å². The largest absolute Gasteiger partial charge is 0.457 e. The number of ether oxygens (including phenoxy) is 2. The van der Waals surface area contributed by atoms with Crippen molar-refractivity contribution in [2.45, 2.75) is 38.5 Å². The second-order valence-electron chi connectivity index (χ2n) is 12.0. The fraction of sp³-hybridized carbons (Fsp3) is 0.146. The molecule has 0 atom stereocenters. The number of benzene rings is 5. The van der Waals surface area contributed by atoms with Crippen molar-refractivity contribution in [3.8, 4) is 53.5 Å². The molecule has 0 fully saturated rings. The molecule has 5 aromatic rings. The number of hydrogen-bond acceptors (Lipinski definition) is 5. The molecule has 0 amide bonds. The molecule has 0 bridgehead atoms. The van der Waals surface area contributed by atoms with Crippen LogP contribution in [0.25, 0.3) is 0 Å². The summed E-state index contributed by atoms with van der Waals surface area (Å²) in [6, 6.07) is 40.8. The zero-order chi connectivity index (χ0) is 32.9. The van der Waals surface area contributed by atoms with Gasteiger partial charge in [0.15, 0.2) is 0 Å². The molecule has 5 rings (SSSR count). The molecule has 46 heavy (non-hydrogen) atoms. The Labute approximate surface area is 270 Å². The SMILES string of the molecule is C#Cc1cc(Oc2ccc(C(C)(C)c3cccc(C(C)(C)c4ccc(Oc5ccc(C#N)c(C#N)c5)cc4)c3)cc2)ccc1C#N. The van der Waals surface area contributed by atoms with Crippen molar-refractivity contribution in [1.82, 2.24) is 0 Å². The molecule has 0 saturated heterocycles. The topological polar surface area (TPSA) is 89.8 Å². The summed E-state index contributed by atoms with van der Waals surface area (Å²) in [5, 5.41) is 27.7. The van der Waals surface area contributed by atoms with Gasteiger partial charge in [-0.25, -0.2) is 0 Å². The van der Waals surface area contributed by atoms with Crippen LogP contribution in [0.1, 0.15) is 72.2 Å². The van der Waals surface area contributed by atoms with Crippen LogP contribution in [-0.4, -0.2) is 0 Å². The lowest BCUT2D eigenvalue weighted by Crippen LogP contribution is -2.22. The summed E-state index contributed by atoms with van der Waals surface area (Å²) in [6.45, 7) is 8.83. The van der Waals surface area contributed by atoms with Gasteiger partial charge >= 0.3 is 0 Å². The molecule has 0 aliphatic rings. The van der Waals surface area contributed by atoms with Gasteiger partial charge < -0.3 is 9.47 Å². The van der Waals surface area contributed by atoms with Gasteiger partial charge in [0, 0.05) is 16.4 Å². The number of terminal acetylenes is 1. The smallest absolute Gasteiger partial charge is 0.128 e. The van der Waals surface area contributed by atoms with Gasteiger partial charge in [-0.05, 0) is 82.9 Å². The predicted molar refractivity (Wildman–Crippen MR) is 179 cm³/mol. The summed E-state index contributed by atoms with van der Waals surface area (Å²) < 4.78 is 12.0. The Morgan fingerprint density at radius 3 is 1.26 bits per heavy atom. The van der Waals surface area contributed by atoms with Crippen LogP contribution in [0, 0.1) is 46.3 Å². The summed E-state index contributed by atoms with van der Waals surface area (Å²) in [5.74, 6) is 4.95. The molecule has 5 heteroatoms. The molecule has 0 aromatic heterocycles. The predicted octanol–water partition coefficient (Wildman–Crippen LogP) is 9.52. The minimum absolute atomic E-state index is 0.281. The van der Waals surface area contributed by atoms with Crippen molar-refractivity contribution >= 4 is 0 Å². The molecule has 0 saturated carbocycles. The van der Waals surface area contributed by atoms with E-state index in [1.165, 1.54) is 11.1 Å². The van der Waals surface area contributed by atoms with E-state index in [0.717, 1.165) is 11.1 Å². The van der Waals surface area contributed by atoms with Crippen LogP contribution in [0.5, 0.6) is 23.0 Å². The van der Waals surface area contributed by atoms with E-state index in [9.17, 15) is 15.8 Å². The van der Waals surface area contributed by atoms with Gasteiger partial charge in [0.25, 0.3) is 0 Å². The second kappa shape index (κ2) is 12.8. The van der Waals surface area contributed by atoms with Gasteiger partial charge in [-0.15, -0.1) is 6.42 Å². The Bertz CT molecular complexity index is 1930. The first-order chi connectivity index (χ1) is 22.1. The Morgan fingerprint density at radius 1 is 0.457 bits per heavy atom. The van der Waals surface area contributed by atoms with Crippen LogP contribution in [0.3, 0.4) is 0 Å². The minimum Gasteiger partial charge on any atom is -0.457 e. The van der Waals surface area contributed by atoms with E-state index in [2.05, 4.69) is 88.2 Å². The van der Waals surface area contributed by atoms with E-state index < -0.39 is 0 Å². The van der Waals surface area contributed by atoms with Crippen LogP contribution in [-0.2, 0) is 10.8 Å². The number of nitriles is 3. The lowest BCUT2D eigenvalue weighted by atomic mass is 9.73. The Balaban J connectivity index is 1.33. The third-order valence-electron chi connectivity index (χ3n) is 8.43. The highest BCUT2D eigenvalue weighted by Gasteiger charge is 2.28. The maximum atomic E-state index is 9.32. The van der Waals surface area contributed by atoms with Gasteiger partial charge in [0.2, 0.25) is 0 Å². The van der Waals surface area contributed by atoms with Gasteiger partial charge in [-0.2, -0.15) is 15.8 Å². The summed E-state index contributed by atoms with van der Waals surface area (Å²) in [6.07, 6.45) is 5.55. The van der Waals surface area contributed by atoms with Gasteiger partial charge in [-0.1, -0.05) is 82.1 Å². The summed E-state index contributed by atoms with van der Waals surface area (Å²) >= 11 is 0. The number of hydrogen-bond donors (Lipinski definition) is 0. The number of nitrogens with zero attached hydrogens (tertiary/aromatic N) is 3. The van der Waals surface area contributed by atoms with Crippen LogP contribution < -0.4 is 9.47 Å². The van der Waals surface area contributed by atoms with E-state index in [-0.39, 0.29) is 16.4 Å². The van der Waals surface area contributed by atoms with Crippen molar-refractivity contribution in [3.05, 3.63) is 154 Å². The van der Waals surface area contributed by atoms with Crippen LogP contribution in [0.4, 0.5) is 0 Å². The fourth-order valence-electron chi connectivity index (χ4n) is 5.36. The van der Waals surface area contributed by atoms with Gasteiger partial charge in [0.05, 0.1) is 16.7 Å². The molecule has 0 aliphatic heterocycles.